The smallest absolute Gasteiger partial charge is 0.234 e. The maximum absolute atomic E-state index is 12.3. The van der Waals surface area contributed by atoms with Crippen molar-refractivity contribution in [3.05, 3.63) is 0 Å². The lowest BCUT2D eigenvalue weighted by molar-refractivity contribution is -0.124. The number of hydrogen-bond donors (Lipinski definition) is 2. The van der Waals surface area contributed by atoms with E-state index in [2.05, 4.69) is 29.4 Å². The SMILES string of the molecule is CC(NC(=O)CN1CCNC[C@H]1C)C1CC2CCC1C2. The van der Waals surface area contributed by atoms with E-state index in [1.165, 1.54) is 25.7 Å². The first-order valence-corrected chi connectivity index (χ1v) is 8.37. The average Bonchev–Trinajstić information content (AvgIpc) is 3.03. The molecule has 5 atom stereocenters. The van der Waals surface area contributed by atoms with E-state index < -0.39 is 0 Å². The van der Waals surface area contributed by atoms with Gasteiger partial charge in [-0.15, -0.1) is 0 Å². The van der Waals surface area contributed by atoms with E-state index in [1.807, 2.05) is 0 Å². The predicted molar refractivity (Wildman–Crippen MR) is 80.4 cm³/mol. The molecule has 0 spiro atoms. The normalized spacial score (nSPS) is 38.9. The second kappa shape index (κ2) is 6.02. The highest BCUT2D eigenvalue weighted by molar-refractivity contribution is 5.78. The fourth-order valence-electron chi connectivity index (χ4n) is 4.62. The summed E-state index contributed by atoms with van der Waals surface area (Å²) in [6, 6.07) is 0.823. The van der Waals surface area contributed by atoms with Gasteiger partial charge in [0.1, 0.15) is 0 Å². The van der Waals surface area contributed by atoms with Crippen molar-refractivity contribution in [2.45, 2.75) is 51.6 Å². The molecule has 114 valence electrons. The second-order valence-corrected chi connectivity index (χ2v) is 7.22. The van der Waals surface area contributed by atoms with Crippen molar-refractivity contribution >= 4 is 5.91 Å². The molecule has 20 heavy (non-hydrogen) atoms. The molecule has 0 radical (unpaired) electrons. The molecular formula is C16H29N3O. The molecule has 2 N–H and O–H groups in total. The molecule has 4 unspecified atom stereocenters. The number of carbonyl (C=O) groups excluding carboxylic acids is 1. The Hall–Kier alpha value is -0.610. The van der Waals surface area contributed by atoms with Crippen LogP contribution in [0.4, 0.5) is 0 Å². The molecule has 0 aromatic carbocycles. The van der Waals surface area contributed by atoms with E-state index in [1.54, 1.807) is 0 Å². The highest BCUT2D eigenvalue weighted by Crippen LogP contribution is 2.49. The molecule has 3 rings (SSSR count). The molecule has 0 aromatic rings. The monoisotopic (exact) mass is 279 g/mol. The summed E-state index contributed by atoms with van der Waals surface area (Å²) in [5.74, 6) is 2.79. The molecule has 3 fully saturated rings. The minimum absolute atomic E-state index is 0.217. The van der Waals surface area contributed by atoms with Crippen LogP contribution < -0.4 is 10.6 Å². The Kier molecular flexibility index (Phi) is 4.32. The summed E-state index contributed by atoms with van der Waals surface area (Å²) >= 11 is 0. The van der Waals surface area contributed by atoms with Crippen LogP contribution in [0.2, 0.25) is 0 Å². The van der Waals surface area contributed by atoms with E-state index in [-0.39, 0.29) is 5.91 Å². The van der Waals surface area contributed by atoms with Gasteiger partial charge in [-0.3, -0.25) is 9.69 Å². The lowest BCUT2D eigenvalue weighted by atomic mass is 9.84. The first kappa shape index (κ1) is 14.3. The van der Waals surface area contributed by atoms with E-state index in [0.717, 1.165) is 37.4 Å². The van der Waals surface area contributed by atoms with Gasteiger partial charge in [0.2, 0.25) is 5.91 Å². The second-order valence-electron chi connectivity index (χ2n) is 7.22. The number of piperazine rings is 1. The Labute approximate surface area is 122 Å². The number of amides is 1. The van der Waals surface area contributed by atoms with Gasteiger partial charge in [0.15, 0.2) is 0 Å². The third-order valence-electron chi connectivity index (χ3n) is 5.81. The predicted octanol–water partition coefficient (Wildman–Crippen LogP) is 1.22. The van der Waals surface area contributed by atoms with Gasteiger partial charge in [0, 0.05) is 31.7 Å². The molecule has 2 bridgehead atoms. The summed E-state index contributed by atoms with van der Waals surface area (Å²) in [5, 5.41) is 6.64. The summed E-state index contributed by atoms with van der Waals surface area (Å²) in [5.41, 5.74) is 0. The van der Waals surface area contributed by atoms with Gasteiger partial charge >= 0.3 is 0 Å². The van der Waals surface area contributed by atoms with Gasteiger partial charge in [0.05, 0.1) is 6.54 Å². The van der Waals surface area contributed by atoms with Crippen LogP contribution in [0.3, 0.4) is 0 Å². The maximum atomic E-state index is 12.3. The van der Waals surface area contributed by atoms with Crippen LogP contribution >= 0.6 is 0 Å². The van der Waals surface area contributed by atoms with Gasteiger partial charge < -0.3 is 10.6 Å². The van der Waals surface area contributed by atoms with Crippen LogP contribution in [0.5, 0.6) is 0 Å². The maximum Gasteiger partial charge on any atom is 0.234 e. The fourth-order valence-corrected chi connectivity index (χ4v) is 4.62. The Morgan fingerprint density at radius 3 is 2.90 bits per heavy atom. The van der Waals surface area contributed by atoms with Crippen molar-refractivity contribution in [3.8, 4) is 0 Å². The summed E-state index contributed by atoms with van der Waals surface area (Å²) in [6.07, 6.45) is 5.58. The fraction of sp³-hybridized carbons (Fsp3) is 0.938. The lowest BCUT2D eigenvalue weighted by Crippen LogP contribution is -2.54. The van der Waals surface area contributed by atoms with Crippen LogP contribution in [0.1, 0.15) is 39.5 Å². The highest BCUT2D eigenvalue weighted by Gasteiger charge is 2.42. The quantitative estimate of drug-likeness (QED) is 0.813. The van der Waals surface area contributed by atoms with E-state index in [0.29, 0.717) is 18.6 Å². The summed E-state index contributed by atoms with van der Waals surface area (Å²) in [4.78, 5) is 14.5. The van der Waals surface area contributed by atoms with E-state index in [4.69, 9.17) is 0 Å². The van der Waals surface area contributed by atoms with E-state index in [9.17, 15) is 4.79 Å². The van der Waals surface area contributed by atoms with Gasteiger partial charge in [-0.2, -0.15) is 0 Å². The van der Waals surface area contributed by atoms with Gasteiger partial charge in [-0.1, -0.05) is 6.42 Å². The zero-order chi connectivity index (χ0) is 14.1. The number of nitrogens with zero attached hydrogens (tertiary/aromatic N) is 1. The molecule has 3 aliphatic rings. The van der Waals surface area contributed by atoms with Crippen LogP contribution in [0.25, 0.3) is 0 Å². The molecule has 2 saturated carbocycles. The largest absolute Gasteiger partial charge is 0.352 e. The molecule has 4 heteroatoms. The zero-order valence-electron chi connectivity index (χ0n) is 12.9. The Bertz CT molecular complexity index is 360. The highest BCUT2D eigenvalue weighted by atomic mass is 16.2. The topological polar surface area (TPSA) is 44.4 Å². The van der Waals surface area contributed by atoms with Crippen LogP contribution in [0.15, 0.2) is 0 Å². The van der Waals surface area contributed by atoms with Crippen molar-refractivity contribution < 1.29 is 4.79 Å². The number of carbonyl (C=O) groups is 1. The van der Waals surface area contributed by atoms with Crippen LogP contribution in [-0.2, 0) is 4.79 Å². The third kappa shape index (κ3) is 3.01. The minimum atomic E-state index is 0.217. The molecule has 1 aliphatic heterocycles. The van der Waals surface area contributed by atoms with Crippen molar-refractivity contribution in [1.82, 2.24) is 15.5 Å². The van der Waals surface area contributed by atoms with Crippen molar-refractivity contribution in [1.29, 1.82) is 0 Å². The van der Waals surface area contributed by atoms with E-state index >= 15 is 0 Å². The zero-order valence-corrected chi connectivity index (χ0v) is 12.9. The molecular weight excluding hydrogens is 250 g/mol. The lowest BCUT2D eigenvalue weighted by Gasteiger charge is -2.34. The molecule has 2 aliphatic carbocycles. The van der Waals surface area contributed by atoms with Gasteiger partial charge in [-0.05, 0) is 50.9 Å². The minimum Gasteiger partial charge on any atom is -0.352 e. The average molecular weight is 279 g/mol. The molecule has 1 heterocycles. The first-order chi connectivity index (χ1) is 9.63. The summed E-state index contributed by atoms with van der Waals surface area (Å²) < 4.78 is 0. The molecule has 1 saturated heterocycles. The summed E-state index contributed by atoms with van der Waals surface area (Å²) in [6.45, 7) is 7.95. The van der Waals surface area contributed by atoms with Crippen LogP contribution in [0, 0.1) is 17.8 Å². The number of nitrogens with one attached hydrogen (secondary N) is 2. The molecule has 4 nitrogen and oxygen atoms in total. The van der Waals surface area contributed by atoms with Crippen LogP contribution in [-0.4, -0.2) is 49.1 Å². The van der Waals surface area contributed by atoms with Gasteiger partial charge in [-0.25, -0.2) is 0 Å². The Morgan fingerprint density at radius 2 is 2.25 bits per heavy atom. The van der Waals surface area contributed by atoms with Crippen molar-refractivity contribution in [3.63, 3.8) is 0 Å². The molecule has 1 amide bonds. The number of fused-ring (bicyclic) bond motifs is 2. The van der Waals surface area contributed by atoms with Crippen molar-refractivity contribution in [2.75, 3.05) is 26.2 Å². The number of hydrogen-bond acceptors (Lipinski definition) is 3. The first-order valence-electron chi connectivity index (χ1n) is 8.37. The summed E-state index contributed by atoms with van der Waals surface area (Å²) in [7, 11) is 0. The number of rotatable bonds is 4. The van der Waals surface area contributed by atoms with Crippen molar-refractivity contribution in [2.24, 2.45) is 17.8 Å². The molecule has 0 aromatic heterocycles. The standard InChI is InChI=1S/C16H29N3O/c1-11-9-17-5-6-19(11)10-16(20)18-12(2)15-8-13-3-4-14(15)7-13/h11-15,17H,3-10H2,1-2H3,(H,18,20)/t11-,12?,13?,14?,15?/m1/s1. The van der Waals surface area contributed by atoms with Gasteiger partial charge in [0.25, 0.3) is 0 Å². The Morgan fingerprint density at radius 1 is 1.40 bits per heavy atom. The Balaban J connectivity index is 1.46. The third-order valence-corrected chi connectivity index (χ3v) is 5.81.